The standard InChI is InChI=1S/C12H12FN3O2/c13-9-7-15-12(14)16-11(9)18-10-4-2-1-3-8(10)5-6-17/h1-4,7,17H,5-6H2,(H2,14,15,16). The zero-order chi connectivity index (χ0) is 13.0. The second kappa shape index (κ2) is 5.42. The second-order valence-corrected chi connectivity index (χ2v) is 3.56. The molecule has 1 aromatic heterocycles. The Labute approximate surface area is 103 Å². The highest BCUT2D eigenvalue weighted by Crippen LogP contribution is 2.26. The van der Waals surface area contributed by atoms with Crippen LogP contribution in [0.1, 0.15) is 5.56 Å². The number of para-hydroxylation sites is 1. The van der Waals surface area contributed by atoms with Crippen LogP contribution in [0.15, 0.2) is 30.5 Å². The fourth-order valence-corrected chi connectivity index (χ4v) is 1.47. The van der Waals surface area contributed by atoms with E-state index in [0.717, 1.165) is 11.8 Å². The third-order valence-corrected chi connectivity index (χ3v) is 2.29. The van der Waals surface area contributed by atoms with Gasteiger partial charge in [0.25, 0.3) is 5.88 Å². The Hall–Kier alpha value is -2.21. The number of ether oxygens (including phenoxy) is 1. The summed E-state index contributed by atoms with van der Waals surface area (Å²) < 4.78 is 18.8. The van der Waals surface area contributed by atoms with Gasteiger partial charge in [-0.1, -0.05) is 18.2 Å². The Bertz CT molecular complexity index is 549. The van der Waals surface area contributed by atoms with Gasteiger partial charge in [0.05, 0.1) is 6.20 Å². The molecule has 0 bridgehead atoms. The van der Waals surface area contributed by atoms with Crippen LogP contribution >= 0.6 is 0 Å². The summed E-state index contributed by atoms with van der Waals surface area (Å²) in [4.78, 5) is 7.19. The van der Waals surface area contributed by atoms with Crippen molar-refractivity contribution in [2.75, 3.05) is 12.3 Å². The molecule has 0 aliphatic rings. The summed E-state index contributed by atoms with van der Waals surface area (Å²) in [5.74, 6) is -0.550. The maximum Gasteiger partial charge on any atom is 0.260 e. The van der Waals surface area contributed by atoms with Crippen LogP contribution in [-0.4, -0.2) is 21.7 Å². The molecule has 2 aromatic rings. The molecule has 2 rings (SSSR count). The molecule has 94 valence electrons. The van der Waals surface area contributed by atoms with E-state index in [1.54, 1.807) is 18.2 Å². The minimum atomic E-state index is -0.692. The van der Waals surface area contributed by atoms with Gasteiger partial charge >= 0.3 is 0 Å². The number of anilines is 1. The fraction of sp³-hybridized carbons (Fsp3) is 0.167. The topological polar surface area (TPSA) is 81.3 Å². The number of rotatable bonds is 4. The first-order valence-corrected chi connectivity index (χ1v) is 5.35. The molecule has 0 radical (unpaired) electrons. The number of benzene rings is 1. The third kappa shape index (κ3) is 2.72. The number of hydrogen-bond acceptors (Lipinski definition) is 5. The van der Waals surface area contributed by atoms with E-state index in [1.807, 2.05) is 6.07 Å². The first-order chi connectivity index (χ1) is 8.70. The molecule has 0 atom stereocenters. The van der Waals surface area contributed by atoms with E-state index in [4.69, 9.17) is 15.6 Å². The smallest absolute Gasteiger partial charge is 0.260 e. The lowest BCUT2D eigenvalue weighted by Crippen LogP contribution is -2.01. The van der Waals surface area contributed by atoms with E-state index in [0.29, 0.717) is 12.2 Å². The minimum absolute atomic E-state index is 0.0191. The average molecular weight is 249 g/mol. The van der Waals surface area contributed by atoms with Crippen molar-refractivity contribution in [3.8, 4) is 11.6 Å². The molecule has 1 heterocycles. The summed E-state index contributed by atoms with van der Waals surface area (Å²) >= 11 is 0. The Morgan fingerprint density at radius 3 is 2.89 bits per heavy atom. The molecule has 0 amide bonds. The molecular weight excluding hydrogens is 237 g/mol. The number of aliphatic hydroxyl groups excluding tert-OH is 1. The van der Waals surface area contributed by atoms with Crippen LogP contribution in [0.2, 0.25) is 0 Å². The van der Waals surface area contributed by atoms with Gasteiger partial charge in [0, 0.05) is 6.61 Å². The molecule has 0 spiro atoms. The molecule has 0 aliphatic heterocycles. The van der Waals surface area contributed by atoms with Crippen LogP contribution in [0.25, 0.3) is 0 Å². The molecule has 5 nitrogen and oxygen atoms in total. The number of nitrogens with zero attached hydrogens (tertiary/aromatic N) is 2. The van der Waals surface area contributed by atoms with Crippen molar-refractivity contribution in [3.63, 3.8) is 0 Å². The summed E-state index contributed by atoms with van der Waals surface area (Å²) in [6.07, 6.45) is 1.37. The van der Waals surface area contributed by atoms with Gasteiger partial charge in [0.1, 0.15) is 5.75 Å². The van der Waals surface area contributed by atoms with Crippen molar-refractivity contribution in [1.29, 1.82) is 0 Å². The third-order valence-electron chi connectivity index (χ3n) is 2.29. The summed E-state index contributed by atoms with van der Waals surface area (Å²) in [5.41, 5.74) is 6.13. The predicted octanol–water partition coefficient (Wildman–Crippen LogP) is 1.52. The van der Waals surface area contributed by atoms with Gasteiger partial charge in [0.2, 0.25) is 11.8 Å². The van der Waals surface area contributed by atoms with Gasteiger partial charge in [-0.25, -0.2) is 4.98 Å². The molecule has 6 heteroatoms. The normalized spacial score (nSPS) is 10.3. The van der Waals surface area contributed by atoms with E-state index in [2.05, 4.69) is 9.97 Å². The fourth-order valence-electron chi connectivity index (χ4n) is 1.47. The Morgan fingerprint density at radius 2 is 2.11 bits per heavy atom. The first kappa shape index (κ1) is 12.3. The molecule has 18 heavy (non-hydrogen) atoms. The van der Waals surface area contributed by atoms with Crippen molar-refractivity contribution in [3.05, 3.63) is 41.8 Å². The molecule has 0 unspecified atom stereocenters. The quantitative estimate of drug-likeness (QED) is 0.858. The molecule has 0 saturated heterocycles. The predicted molar refractivity (Wildman–Crippen MR) is 63.7 cm³/mol. The van der Waals surface area contributed by atoms with Crippen LogP contribution < -0.4 is 10.5 Å². The van der Waals surface area contributed by atoms with E-state index in [-0.39, 0.29) is 18.4 Å². The lowest BCUT2D eigenvalue weighted by molar-refractivity contribution is 0.297. The monoisotopic (exact) mass is 249 g/mol. The summed E-state index contributed by atoms with van der Waals surface area (Å²) in [5, 5.41) is 8.93. The molecular formula is C12H12FN3O2. The SMILES string of the molecule is Nc1ncc(F)c(Oc2ccccc2CCO)n1. The first-order valence-electron chi connectivity index (χ1n) is 5.35. The molecule has 0 fully saturated rings. The highest BCUT2D eigenvalue weighted by atomic mass is 19.1. The van der Waals surface area contributed by atoms with Crippen LogP contribution in [0, 0.1) is 5.82 Å². The van der Waals surface area contributed by atoms with Crippen LogP contribution in [-0.2, 0) is 6.42 Å². The number of aromatic nitrogens is 2. The van der Waals surface area contributed by atoms with Crippen molar-refractivity contribution in [2.45, 2.75) is 6.42 Å². The zero-order valence-corrected chi connectivity index (χ0v) is 9.51. The Morgan fingerprint density at radius 1 is 1.33 bits per heavy atom. The number of nitrogens with two attached hydrogens (primary N) is 1. The lowest BCUT2D eigenvalue weighted by Gasteiger charge is -2.10. The second-order valence-electron chi connectivity index (χ2n) is 3.56. The van der Waals surface area contributed by atoms with Gasteiger partial charge in [-0.2, -0.15) is 9.37 Å². The van der Waals surface area contributed by atoms with Gasteiger partial charge in [-0.05, 0) is 18.1 Å². The molecule has 1 aromatic carbocycles. The Kier molecular flexibility index (Phi) is 3.69. The average Bonchev–Trinajstić information content (AvgIpc) is 2.36. The van der Waals surface area contributed by atoms with Gasteiger partial charge < -0.3 is 15.6 Å². The zero-order valence-electron chi connectivity index (χ0n) is 9.51. The van der Waals surface area contributed by atoms with Crippen molar-refractivity contribution < 1.29 is 14.2 Å². The van der Waals surface area contributed by atoms with E-state index < -0.39 is 5.82 Å². The largest absolute Gasteiger partial charge is 0.436 e. The number of halogens is 1. The molecule has 0 saturated carbocycles. The summed E-state index contributed by atoms with van der Waals surface area (Å²) in [6.45, 7) is -0.0191. The van der Waals surface area contributed by atoms with Crippen molar-refractivity contribution in [2.24, 2.45) is 0 Å². The highest BCUT2D eigenvalue weighted by Gasteiger charge is 2.10. The minimum Gasteiger partial charge on any atom is -0.436 e. The number of nitrogen functional groups attached to an aromatic ring is 1. The van der Waals surface area contributed by atoms with Gasteiger partial charge in [-0.15, -0.1) is 0 Å². The van der Waals surface area contributed by atoms with E-state index >= 15 is 0 Å². The lowest BCUT2D eigenvalue weighted by atomic mass is 10.1. The number of aliphatic hydroxyl groups is 1. The summed E-state index contributed by atoms with van der Waals surface area (Å²) in [6, 6.07) is 7.01. The van der Waals surface area contributed by atoms with E-state index in [1.165, 1.54) is 0 Å². The highest BCUT2D eigenvalue weighted by molar-refractivity contribution is 5.37. The van der Waals surface area contributed by atoms with E-state index in [9.17, 15) is 4.39 Å². The van der Waals surface area contributed by atoms with Crippen LogP contribution in [0.3, 0.4) is 0 Å². The van der Waals surface area contributed by atoms with Crippen molar-refractivity contribution >= 4 is 5.95 Å². The number of hydrogen-bond donors (Lipinski definition) is 2. The molecule has 0 aliphatic carbocycles. The summed E-state index contributed by atoms with van der Waals surface area (Å²) in [7, 11) is 0. The molecule has 3 N–H and O–H groups in total. The van der Waals surface area contributed by atoms with Gasteiger partial charge in [0.15, 0.2) is 0 Å². The van der Waals surface area contributed by atoms with Crippen LogP contribution in [0.4, 0.5) is 10.3 Å². The van der Waals surface area contributed by atoms with Crippen molar-refractivity contribution in [1.82, 2.24) is 9.97 Å². The van der Waals surface area contributed by atoms with Gasteiger partial charge in [-0.3, -0.25) is 0 Å². The Balaban J connectivity index is 2.30. The van der Waals surface area contributed by atoms with Crippen LogP contribution in [0.5, 0.6) is 11.6 Å². The maximum absolute atomic E-state index is 13.4. The maximum atomic E-state index is 13.4.